The highest BCUT2D eigenvalue weighted by atomic mass is 35.5. The summed E-state index contributed by atoms with van der Waals surface area (Å²) in [5.41, 5.74) is 7.03. The summed E-state index contributed by atoms with van der Waals surface area (Å²) in [6, 6.07) is 5.08. The molecular formula is C14H16ClN5O. The predicted molar refractivity (Wildman–Crippen MR) is 79.4 cm³/mol. The van der Waals surface area contributed by atoms with Gasteiger partial charge in [0, 0.05) is 17.1 Å². The maximum absolute atomic E-state index is 12.5. The van der Waals surface area contributed by atoms with Crippen LogP contribution in [0.1, 0.15) is 29.6 Å². The van der Waals surface area contributed by atoms with E-state index in [4.69, 9.17) is 17.3 Å². The first-order chi connectivity index (χ1) is 10.1. The lowest BCUT2D eigenvalue weighted by molar-refractivity contribution is 0.0934. The molecule has 1 saturated carbocycles. The van der Waals surface area contributed by atoms with Crippen LogP contribution in [-0.2, 0) is 0 Å². The number of nitrogens with one attached hydrogen (secondary N) is 1. The quantitative estimate of drug-likeness (QED) is 0.900. The molecule has 1 unspecified atom stereocenters. The zero-order valence-electron chi connectivity index (χ0n) is 11.4. The molecule has 3 N–H and O–H groups in total. The van der Waals surface area contributed by atoms with Crippen molar-refractivity contribution in [2.45, 2.75) is 31.3 Å². The molecule has 1 amide bonds. The van der Waals surface area contributed by atoms with Gasteiger partial charge in [-0.3, -0.25) is 4.79 Å². The molecule has 0 spiro atoms. The Kier molecular flexibility index (Phi) is 3.90. The Hall–Kier alpha value is -1.92. The molecule has 1 aromatic heterocycles. The van der Waals surface area contributed by atoms with Gasteiger partial charge in [0.2, 0.25) is 0 Å². The summed E-state index contributed by atoms with van der Waals surface area (Å²) < 4.78 is 0. The Balaban J connectivity index is 1.90. The first-order valence-corrected chi connectivity index (χ1v) is 7.25. The minimum atomic E-state index is -0.202. The van der Waals surface area contributed by atoms with E-state index in [1.807, 2.05) is 0 Å². The highest BCUT2D eigenvalue weighted by Gasteiger charge is 2.26. The first-order valence-electron chi connectivity index (χ1n) is 6.88. The highest BCUT2D eigenvalue weighted by Crippen LogP contribution is 2.21. The third-order valence-electron chi connectivity index (χ3n) is 3.72. The van der Waals surface area contributed by atoms with Crippen molar-refractivity contribution >= 4 is 17.5 Å². The monoisotopic (exact) mass is 305 g/mol. The topological polar surface area (TPSA) is 85.8 Å². The molecule has 7 heteroatoms. The lowest BCUT2D eigenvalue weighted by Gasteiger charge is -2.18. The number of halogens is 1. The molecule has 0 bridgehead atoms. The van der Waals surface area contributed by atoms with E-state index in [1.165, 1.54) is 4.80 Å². The van der Waals surface area contributed by atoms with Gasteiger partial charge in [0.05, 0.1) is 23.6 Å². The summed E-state index contributed by atoms with van der Waals surface area (Å²) in [7, 11) is 0. The number of hydrogen-bond donors (Lipinski definition) is 2. The number of amides is 1. The fourth-order valence-corrected chi connectivity index (χ4v) is 2.79. The summed E-state index contributed by atoms with van der Waals surface area (Å²) >= 11 is 6.01. The number of hydrogen-bond acceptors (Lipinski definition) is 4. The zero-order chi connectivity index (χ0) is 14.8. The second-order valence-electron chi connectivity index (χ2n) is 5.15. The van der Waals surface area contributed by atoms with Crippen LogP contribution in [0.4, 0.5) is 0 Å². The fourth-order valence-electron chi connectivity index (χ4n) is 2.62. The molecule has 1 aliphatic rings. The number of nitrogens with zero attached hydrogens (tertiary/aromatic N) is 3. The van der Waals surface area contributed by atoms with Crippen LogP contribution in [0.3, 0.4) is 0 Å². The molecule has 0 aliphatic heterocycles. The number of carbonyl (C=O) groups is 1. The summed E-state index contributed by atoms with van der Waals surface area (Å²) in [4.78, 5) is 13.9. The predicted octanol–water partition coefficient (Wildman–Crippen LogP) is 1.53. The Bertz CT molecular complexity index is 643. The van der Waals surface area contributed by atoms with Crippen LogP contribution in [0.15, 0.2) is 30.6 Å². The maximum atomic E-state index is 12.5. The van der Waals surface area contributed by atoms with Crippen molar-refractivity contribution in [1.82, 2.24) is 20.3 Å². The Labute approximate surface area is 127 Å². The molecule has 0 radical (unpaired) electrons. The van der Waals surface area contributed by atoms with Crippen LogP contribution >= 0.6 is 11.6 Å². The molecule has 1 heterocycles. The number of nitrogens with two attached hydrogens (primary N) is 1. The fraction of sp³-hybridized carbons (Fsp3) is 0.357. The summed E-state index contributed by atoms with van der Waals surface area (Å²) in [6.45, 7) is 0. The van der Waals surface area contributed by atoms with Crippen LogP contribution < -0.4 is 11.1 Å². The molecule has 1 fully saturated rings. The molecular weight excluding hydrogens is 290 g/mol. The second-order valence-corrected chi connectivity index (χ2v) is 5.59. The smallest absolute Gasteiger partial charge is 0.253 e. The molecule has 6 nitrogen and oxygen atoms in total. The van der Waals surface area contributed by atoms with Crippen LogP contribution in [0.2, 0.25) is 5.02 Å². The largest absolute Gasteiger partial charge is 0.348 e. The van der Waals surface area contributed by atoms with Gasteiger partial charge in [0.15, 0.2) is 0 Å². The molecule has 1 aliphatic carbocycles. The summed E-state index contributed by atoms with van der Waals surface area (Å²) in [5, 5.41) is 11.6. The standard InChI is InChI=1S/C14H16ClN5O/c15-9-4-5-13(20-17-6-7-18-20)10(8-9)14(21)19-12-3-1-2-11(12)16/h4-8,11-12H,1-3,16H2,(H,19,21)/t11-,12?/m0/s1. The van der Waals surface area contributed by atoms with Gasteiger partial charge >= 0.3 is 0 Å². The molecule has 2 aromatic rings. The van der Waals surface area contributed by atoms with E-state index in [0.29, 0.717) is 16.3 Å². The van der Waals surface area contributed by atoms with Gasteiger partial charge in [-0.25, -0.2) is 0 Å². The van der Waals surface area contributed by atoms with Gasteiger partial charge in [0.25, 0.3) is 5.91 Å². The van der Waals surface area contributed by atoms with E-state index in [1.54, 1.807) is 30.6 Å². The Morgan fingerprint density at radius 2 is 2.10 bits per heavy atom. The van der Waals surface area contributed by atoms with E-state index >= 15 is 0 Å². The van der Waals surface area contributed by atoms with E-state index < -0.39 is 0 Å². The van der Waals surface area contributed by atoms with Crippen LogP contribution in [0, 0.1) is 0 Å². The molecule has 1 aromatic carbocycles. The van der Waals surface area contributed by atoms with Gasteiger partial charge in [0.1, 0.15) is 0 Å². The average Bonchev–Trinajstić information content (AvgIpc) is 3.11. The molecule has 2 atom stereocenters. The maximum Gasteiger partial charge on any atom is 0.253 e. The Morgan fingerprint density at radius 3 is 2.76 bits per heavy atom. The van der Waals surface area contributed by atoms with E-state index in [0.717, 1.165) is 19.3 Å². The van der Waals surface area contributed by atoms with E-state index in [2.05, 4.69) is 15.5 Å². The molecule has 0 saturated heterocycles. The van der Waals surface area contributed by atoms with Gasteiger partial charge in [-0.1, -0.05) is 11.6 Å². The van der Waals surface area contributed by atoms with Gasteiger partial charge in [-0.05, 0) is 37.5 Å². The highest BCUT2D eigenvalue weighted by molar-refractivity contribution is 6.31. The SMILES string of the molecule is N[C@H]1CCCC1NC(=O)c1cc(Cl)ccc1-n1nccn1. The van der Waals surface area contributed by atoms with E-state index in [9.17, 15) is 4.79 Å². The molecule has 3 rings (SSSR count). The number of rotatable bonds is 3. The first kappa shape index (κ1) is 14.0. The second kappa shape index (κ2) is 5.83. The summed E-state index contributed by atoms with van der Waals surface area (Å²) in [6.07, 6.45) is 6.00. The average molecular weight is 306 g/mol. The van der Waals surface area contributed by atoms with E-state index in [-0.39, 0.29) is 18.0 Å². The third-order valence-corrected chi connectivity index (χ3v) is 3.96. The number of aromatic nitrogens is 3. The van der Waals surface area contributed by atoms with Crippen LogP contribution in [0.25, 0.3) is 5.69 Å². The third kappa shape index (κ3) is 2.91. The van der Waals surface area contributed by atoms with Crippen molar-refractivity contribution in [3.8, 4) is 5.69 Å². The summed E-state index contributed by atoms with van der Waals surface area (Å²) in [5.74, 6) is -0.202. The minimum absolute atomic E-state index is 0.00918. The van der Waals surface area contributed by atoms with Crippen molar-refractivity contribution in [3.63, 3.8) is 0 Å². The lowest BCUT2D eigenvalue weighted by atomic mass is 10.1. The van der Waals surface area contributed by atoms with Gasteiger partial charge in [-0.15, -0.1) is 0 Å². The van der Waals surface area contributed by atoms with Crippen LogP contribution in [0.5, 0.6) is 0 Å². The Morgan fingerprint density at radius 1 is 1.33 bits per heavy atom. The van der Waals surface area contributed by atoms with Gasteiger partial charge < -0.3 is 11.1 Å². The number of benzene rings is 1. The van der Waals surface area contributed by atoms with Crippen LogP contribution in [-0.4, -0.2) is 33.0 Å². The minimum Gasteiger partial charge on any atom is -0.348 e. The normalized spacial score (nSPS) is 21.4. The van der Waals surface area contributed by atoms with Crippen molar-refractivity contribution in [2.24, 2.45) is 5.73 Å². The lowest BCUT2D eigenvalue weighted by Crippen LogP contribution is -2.44. The van der Waals surface area contributed by atoms with Crippen molar-refractivity contribution in [1.29, 1.82) is 0 Å². The van der Waals surface area contributed by atoms with Crippen molar-refractivity contribution < 1.29 is 4.79 Å². The number of carbonyl (C=O) groups excluding carboxylic acids is 1. The van der Waals surface area contributed by atoms with Gasteiger partial charge in [-0.2, -0.15) is 15.0 Å². The molecule has 110 valence electrons. The van der Waals surface area contributed by atoms with Crippen molar-refractivity contribution in [2.75, 3.05) is 0 Å². The van der Waals surface area contributed by atoms with Crippen molar-refractivity contribution in [3.05, 3.63) is 41.2 Å². The zero-order valence-corrected chi connectivity index (χ0v) is 12.1. The molecule has 21 heavy (non-hydrogen) atoms.